The lowest BCUT2D eigenvalue weighted by Gasteiger charge is -2.06. The molecule has 1 aromatic carbocycles. The average Bonchev–Trinajstić information content (AvgIpc) is 2.32. The summed E-state index contributed by atoms with van der Waals surface area (Å²) in [6.45, 7) is 4.53. The molecule has 0 radical (unpaired) electrons. The van der Waals surface area contributed by atoms with Crippen LogP contribution in [0, 0.1) is 0 Å². The molecule has 0 aliphatic heterocycles. The normalized spacial score (nSPS) is 10.2. The third-order valence-electron chi connectivity index (χ3n) is 2.62. The first-order valence-electron chi connectivity index (χ1n) is 6.43. The number of unbranched alkanes of at least 4 members (excludes halogenated alkanes) is 1. The molecule has 94 valence electrons. The van der Waals surface area contributed by atoms with Gasteiger partial charge in [0.1, 0.15) is 11.5 Å². The first-order valence-corrected chi connectivity index (χ1v) is 6.43. The fourth-order valence-corrected chi connectivity index (χ4v) is 1.71. The number of rotatable bonds is 8. The highest BCUT2D eigenvalue weighted by atomic mass is 16.5. The molecule has 0 saturated heterocycles. The van der Waals surface area contributed by atoms with E-state index in [1.807, 2.05) is 12.1 Å². The minimum Gasteiger partial charge on any atom is -0.494 e. The molecule has 0 aliphatic carbocycles. The largest absolute Gasteiger partial charge is 0.494 e. The zero-order chi connectivity index (χ0) is 12.5. The maximum absolute atomic E-state index is 10.8. The van der Waals surface area contributed by atoms with Crippen molar-refractivity contribution in [2.45, 2.75) is 46.0 Å². The van der Waals surface area contributed by atoms with E-state index >= 15 is 0 Å². The summed E-state index contributed by atoms with van der Waals surface area (Å²) in [4.78, 5) is 10.8. The number of carbonyl (C=O) groups excluding carboxylic acids is 1. The Kier molecular flexibility index (Phi) is 6.38. The molecule has 0 heterocycles. The van der Waals surface area contributed by atoms with E-state index in [2.05, 4.69) is 19.1 Å². The van der Waals surface area contributed by atoms with Gasteiger partial charge in [-0.1, -0.05) is 19.1 Å². The summed E-state index contributed by atoms with van der Waals surface area (Å²) >= 11 is 0. The van der Waals surface area contributed by atoms with Crippen molar-refractivity contribution in [3.05, 3.63) is 29.8 Å². The molecule has 0 N–H and O–H groups in total. The van der Waals surface area contributed by atoms with Crippen LogP contribution in [0.15, 0.2) is 24.3 Å². The molecular weight excluding hydrogens is 212 g/mol. The Hall–Kier alpha value is -1.31. The molecule has 2 heteroatoms. The molecule has 0 spiro atoms. The number of aryl methyl sites for hydroxylation is 1. The number of ketones is 1. The van der Waals surface area contributed by atoms with Crippen LogP contribution in [-0.2, 0) is 11.2 Å². The van der Waals surface area contributed by atoms with Gasteiger partial charge in [-0.3, -0.25) is 0 Å². The molecular formula is C15H22O2. The Morgan fingerprint density at radius 1 is 1.29 bits per heavy atom. The van der Waals surface area contributed by atoms with Crippen molar-refractivity contribution >= 4 is 5.78 Å². The Morgan fingerprint density at radius 3 is 2.82 bits per heavy atom. The molecule has 1 rings (SSSR count). The monoisotopic (exact) mass is 234 g/mol. The van der Waals surface area contributed by atoms with Crippen molar-refractivity contribution in [2.24, 2.45) is 0 Å². The van der Waals surface area contributed by atoms with Gasteiger partial charge in [0.2, 0.25) is 0 Å². The zero-order valence-electron chi connectivity index (χ0n) is 10.9. The lowest BCUT2D eigenvalue weighted by Crippen LogP contribution is -1.96. The predicted molar refractivity (Wildman–Crippen MR) is 70.5 cm³/mol. The van der Waals surface area contributed by atoms with Crippen LogP contribution in [0.4, 0.5) is 0 Å². The van der Waals surface area contributed by atoms with Gasteiger partial charge >= 0.3 is 0 Å². The van der Waals surface area contributed by atoms with E-state index < -0.39 is 0 Å². The summed E-state index contributed by atoms with van der Waals surface area (Å²) in [5, 5.41) is 0. The highest BCUT2D eigenvalue weighted by Gasteiger charge is 1.98. The molecule has 0 fully saturated rings. The van der Waals surface area contributed by atoms with Crippen LogP contribution in [0.25, 0.3) is 0 Å². The van der Waals surface area contributed by atoms with Crippen molar-refractivity contribution in [1.82, 2.24) is 0 Å². The molecule has 17 heavy (non-hydrogen) atoms. The lowest BCUT2D eigenvalue weighted by molar-refractivity contribution is -0.117. The standard InChI is InChI=1S/C15H22O2/c1-3-11-17-15-10-6-9-14(12-15)8-5-4-7-13(2)16/h6,9-10,12H,3-5,7-8,11H2,1-2H3. The molecule has 0 atom stereocenters. The quantitative estimate of drug-likeness (QED) is 0.640. The number of benzene rings is 1. The van der Waals surface area contributed by atoms with Gasteiger partial charge in [0.05, 0.1) is 6.61 Å². The zero-order valence-corrected chi connectivity index (χ0v) is 10.9. The average molecular weight is 234 g/mol. The number of Topliss-reactive ketones (excluding diaryl/α,β-unsaturated/α-hetero) is 1. The smallest absolute Gasteiger partial charge is 0.129 e. The molecule has 0 amide bonds. The number of carbonyl (C=O) groups is 1. The van der Waals surface area contributed by atoms with Gasteiger partial charge < -0.3 is 9.53 Å². The number of hydrogen-bond donors (Lipinski definition) is 0. The van der Waals surface area contributed by atoms with E-state index in [1.54, 1.807) is 6.92 Å². The van der Waals surface area contributed by atoms with E-state index in [0.717, 1.165) is 38.0 Å². The Bertz CT molecular complexity index is 345. The molecule has 0 unspecified atom stereocenters. The summed E-state index contributed by atoms with van der Waals surface area (Å²) in [5.74, 6) is 1.24. The Morgan fingerprint density at radius 2 is 2.12 bits per heavy atom. The summed E-state index contributed by atoms with van der Waals surface area (Å²) in [5.41, 5.74) is 1.29. The van der Waals surface area contributed by atoms with E-state index in [-0.39, 0.29) is 5.78 Å². The van der Waals surface area contributed by atoms with Gasteiger partial charge in [0.25, 0.3) is 0 Å². The maximum Gasteiger partial charge on any atom is 0.129 e. The fraction of sp³-hybridized carbons (Fsp3) is 0.533. The molecule has 1 aromatic rings. The van der Waals surface area contributed by atoms with Crippen molar-refractivity contribution < 1.29 is 9.53 Å². The molecule has 0 saturated carbocycles. The molecule has 0 aliphatic rings. The second-order valence-electron chi connectivity index (χ2n) is 4.40. The molecule has 2 nitrogen and oxygen atoms in total. The summed E-state index contributed by atoms with van der Waals surface area (Å²) in [6.07, 6.45) is 4.80. The SMILES string of the molecule is CCCOc1cccc(CCCCC(C)=O)c1. The number of hydrogen-bond acceptors (Lipinski definition) is 2. The van der Waals surface area contributed by atoms with E-state index in [1.165, 1.54) is 5.56 Å². The van der Waals surface area contributed by atoms with Gasteiger partial charge in [0, 0.05) is 6.42 Å². The molecule has 0 bridgehead atoms. The first kappa shape index (κ1) is 13.8. The summed E-state index contributed by atoms with van der Waals surface area (Å²) < 4.78 is 5.59. The van der Waals surface area contributed by atoms with Crippen LogP contribution in [0.3, 0.4) is 0 Å². The number of ether oxygens (including phenoxy) is 1. The summed E-state index contributed by atoms with van der Waals surface area (Å²) in [6, 6.07) is 8.25. The topological polar surface area (TPSA) is 26.3 Å². The van der Waals surface area contributed by atoms with Gasteiger partial charge in [-0.15, -0.1) is 0 Å². The van der Waals surface area contributed by atoms with E-state index in [0.29, 0.717) is 6.42 Å². The molecule has 0 aromatic heterocycles. The highest BCUT2D eigenvalue weighted by molar-refractivity contribution is 5.75. The lowest BCUT2D eigenvalue weighted by atomic mass is 10.1. The first-order chi connectivity index (χ1) is 8.22. The van der Waals surface area contributed by atoms with E-state index in [9.17, 15) is 4.79 Å². The van der Waals surface area contributed by atoms with Crippen LogP contribution in [0.5, 0.6) is 5.75 Å². The van der Waals surface area contributed by atoms with Gasteiger partial charge in [-0.05, 0) is 50.3 Å². The van der Waals surface area contributed by atoms with Gasteiger partial charge in [-0.25, -0.2) is 0 Å². The summed E-state index contributed by atoms with van der Waals surface area (Å²) in [7, 11) is 0. The predicted octanol–water partition coefficient (Wildman–Crippen LogP) is 3.78. The van der Waals surface area contributed by atoms with Crippen LogP contribution < -0.4 is 4.74 Å². The van der Waals surface area contributed by atoms with Crippen molar-refractivity contribution in [1.29, 1.82) is 0 Å². The fourth-order valence-electron chi connectivity index (χ4n) is 1.71. The van der Waals surface area contributed by atoms with Crippen molar-refractivity contribution in [3.8, 4) is 5.75 Å². The Balaban J connectivity index is 2.34. The second kappa shape index (κ2) is 7.88. The minimum absolute atomic E-state index is 0.282. The van der Waals surface area contributed by atoms with Crippen molar-refractivity contribution in [3.63, 3.8) is 0 Å². The van der Waals surface area contributed by atoms with Crippen LogP contribution in [0.2, 0.25) is 0 Å². The van der Waals surface area contributed by atoms with Crippen molar-refractivity contribution in [2.75, 3.05) is 6.61 Å². The second-order valence-corrected chi connectivity index (χ2v) is 4.40. The van der Waals surface area contributed by atoms with Crippen LogP contribution >= 0.6 is 0 Å². The third kappa shape index (κ3) is 6.10. The minimum atomic E-state index is 0.282. The van der Waals surface area contributed by atoms with E-state index in [4.69, 9.17) is 4.74 Å². The third-order valence-corrected chi connectivity index (χ3v) is 2.62. The van der Waals surface area contributed by atoms with Gasteiger partial charge in [0.15, 0.2) is 0 Å². The van der Waals surface area contributed by atoms with Crippen LogP contribution in [0.1, 0.15) is 45.1 Å². The Labute approximate surface area is 104 Å². The maximum atomic E-state index is 10.8. The van der Waals surface area contributed by atoms with Gasteiger partial charge in [-0.2, -0.15) is 0 Å². The van der Waals surface area contributed by atoms with Crippen LogP contribution in [-0.4, -0.2) is 12.4 Å². The highest BCUT2D eigenvalue weighted by Crippen LogP contribution is 2.15.